The Morgan fingerprint density at radius 1 is 1.43 bits per heavy atom. The fraction of sp³-hybridized carbons (Fsp3) is 0.727. The smallest absolute Gasteiger partial charge is 0.302 e. The molecule has 0 aromatic rings. The van der Waals surface area contributed by atoms with E-state index < -0.39 is 0 Å². The van der Waals surface area contributed by atoms with Crippen LogP contribution in [0.2, 0.25) is 0 Å². The van der Waals surface area contributed by atoms with Gasteiger partial charge in [-0.1, -0.05) is 25.8 Å². The monoisotopic (exact) mass is 200 g/mol. The van der Waals surface area contributed by atoms with Crippen molar-refractivity contribution in [2.24, 2.45) is 0 Å². The molecule has 3 heteroatoms. The highest BCUT2D eigenvalue weighted by atomic mass is 16.5. The molecule has 0 aliphatic carbocycles. The summed E-state index contributed by atoms with van der Waals surface area (Å²) in [5.74, 6) is -0.307. The van der Waals surface area contributed by atoms with Crippen LogP contribution >= 0.6 is 0 Å². The maximum Gasteiger partial charge on any atom is 0.302 e. The zero-order valence-electron chi connectivity index (χ0n) is 9.08. The Hall–Kier alpha value is -0.830. The van der Waals surface area contributed by atoms with Gasteiger partial charge < -0.3 is 9.84 Å². The number of rotatable bonds is 7. The van der Waals surface area contributed by atoms with Crippen LogP contribution < -0.4 is 0 Å². The van der Waals surface area contributed by atoms with Crippen LogP contribution in [0.15, 0.2) is 11.6 Å². The van der Waals surface area contributed by atoms with E-state index in [1.54, 1.807) is 0 Å². The minimum absolute atomic E-state index is 0.0284. The summed E-state index contributed by atoms with van der Waals surface area (Å²) in [4.78, 5) is 10.5. The zero-order valence-corrected chi connectivity index (χ0v) is 9.08. The summed E-state index contributed by atoms with van der Waals surface area (Å²) in [5, 5.41) is 8.94. The van der Waals surface area contributed by atoms with E-state index in [9.17, 15) is 4.79 Å². The molecule has 0 bridgehead atoms. The molecule has 0 fully saturated rings. The fourth-order valence-electron chi connectivity index (χ4n) is 1.06. The molecule has 0 saturated carbocycles. The number of aliphatic hydroxyl groups excluding tert-OH is 1. The molecule has 0 aliphatic rings. The molecule has 3 nitrogen and oxygen atoms in total. The zero-order chi connectivity index (χ0) is 10.8. The number of carbonyl (C=O) groups excluding carboxylic acids is 1. The van der Waals surface area contributed by atoms with Gasteiger partial charge in [-0.15, -0.1) is 0 Å². The van der Waals surface area contributed by atoms with Crippen molar-refractivity contribution in [1.29, 1.82) is 0 Å². The first-order chi connectivity index (χ1) is 6.70. The Balaban J connectivity index is 3.69. The molecular weight excluding hydrogens is 180 g/mol. The highest BCUT2D eigenvalue weighted by Gasteiger charge is 1.98. The predicted molar refractivity (Wildman–Crippen MR) is 55.9 cm³/mol. The number of carbonyl (C=O) groups is 1. The second-order valence-electron chi connectivity index (χ2n) is 3.30. The number of aliphatic hydroxyl groups is 1. The minimum Gasteiger partial charge on any atom is -0.461 e. The van der Waals surface area contributed by atoms with Gasteiger partial charge in [-0.05, 0) is 18.4 Å². The molecule has 0 aromatic heterocycles. The van der Waals surface area contributed by atoms with Gasteiger partial charge in [0.15, 0.2) is 0 Å². The Bertz CT molecular complexity index is 185. The normalized spacial score (nSPS) is 11.5. The van der Waals surface area contributed by atoms with Gasteiger partial charge in [0.05, 0.1) is 6.61 Å². The quantitative estimate of drug-likeness (QED) is 0.388. The molecule has 0 amide bonds. The maximum atomic E-state index is 10.5. The van der Waals surface area contributed by atoms with Crippen molar-refractivity contribution in [2.75, 3.05) is 13.2 Å². The van der Waals surface area contributed by atoms with Gasteiger partial charge in [-0.2, -0.15) is 0 Å². The van der Waals surface area contributed by atoms with E-state index in [-0.39, 0.29) is 19.2 Å². The lowest BCUT2D eigenvalue weighted by molar-refractivity contribution is -0.140. The maximum absolute atomic E-state index is 10.5. The van der Waals surface area contributed by atoms with Gasteiger partial charge in [-0.25, -0.2) is 0 Å². The van der Waals surface area contributed by atoms with Crippen LogP contribution in [0.5, 0.6) is 0 Å². The number of hydrogen-bond acceptors (Lipinski definition) is 3. The summed E-state index contributed by atoms with van der Waals surface area (Å²) in [5.41, 5.74) is 0.788. The summed E-state index contributed by atoms with van der Waals surface area (Å²) < 4.78 is 4.78. The van der Waals surface area contributed by atoms with Crippen molar-refractivity contribution in [2.45, 2.75) is 39.5 Å². The summed E-state index contributed by atoms with van der Waals surface area (Å²) in [6.07, 6.45) is 6.42. The number of unbranched alkanes of at least 4 members (excludes halogenated alkanes) is 3. The summed E-state index contributed by atoms with van der Waals surface area (Å²) in [6.45, 7) is 3.71. The summed E-state index contributed by atoms with van der Waals surface area (Å²) in [6, 6.07) is 0. The predicted octanol–water partition coefficient (Wildman–Crippen LogP) is 2.05. The lowest BCUT2D eigenvalue weighted by atomic mass is 10.1. The molecule has 0 atom stereocenters. The van der Waals surface area contributed by atoms with E-state index in [1.165, 1.54) is 19.8 Å². The molecule has 82 valence electrons. The van der Waals surface area contributed by atoms with E-state index in [2.05, 4.69) is 6.92 Å². The van der Waals surface area contributed by atoms with E-state index in [0.29, 0.717) is 0 Å². The molecule has 0 aliphatic heterocycles. The Morgan fingerprint density at radius 2 is 2.14 bits per heavy atom. The van der Waals surface area contributed by atoms with Gasteiger partial charge in [0.25, 0.3) is 0 Å². The second kappa shape index (κ2) is 8.75. The van der Waals surface area contributed by atoms with Crippen LogP contribution in [0.4, 0.5) is 0 Å². The lowest BCUT2D eigenvalue weighted by Gasteiger charge is -2.04. The van der Waals surface area contributed by atoms with Crippen LogP contribution in [0.25, 0.3) is 0 Å². The van der Waals surface area contributed by atoms with Gasteiger partial charge in [0.1, 0.15) is 6.61 Å². The standard InChI is InChI=1S/C11H20O3/c1-3-4-5-6-7-11(8-12)9-14-10(2)13/h7,12H,3-6,8-9H2,1-2H3/b11-7-. The van der Waals surface area contributed by atoms with Crippen molar-refractivity contribution < 1.29 is 14.6 Å². The van der Waals surface area contributed by atoms with Crippen LogP contribution in [-0.4, -0.2) is 24.3 Å². The van der Waals surface area contributed by atoms with Crippen LogP contribution in [0, 0.1) is 0 Å². The third kappa shape index (κ3) is 7.80. The fourth-order valence-corrected chi connectivity index (χ4v) is 1.06. The molecule has 0 heterocycles. The Labute approximate surface area is 85.8 Å². The second-order valence-corrected chi connectivity index (χ2v) is 3.30. The topological polar surface area (TPSA) is 46.5 Å². The molecular formula is C11H20O3. The third-order valence-corrected chi connectivity index (χ3v) is 1.90. The van der Waals surface area contributed by atoms with Crippen molar-refractivity contribution in [3.63, 3.8) is 0 Å². The molecule has 14 heavy (non-hydrogen) atoms. The van der Waals surface area contributed by atoms with E-state index in [4.69, 9.17) is 9.84 Å². The number of ether oxygens (including phenoxy) is 1. The average Bonchev–Trinajstić information content (AvgIpc) is 2.16. The van der Waals surface area contributed by atoms with Crippen LogP contribution in [-0.2, 0) is 9.53 Å². The van der Waals surface area contributed by atoms with Gasteiger partial charge in [-0.3, -0.25) is 4.79 Å². The first kappa shape index (κ1) is 13.2. The van der Waals surface area contributed by atoms with Gasteiger partial charge in [0.2, 0.25) is 0 Å². The molecule has 0 spiro atoms. The van der Waals surface area contributed by atoms with E-state index >= 15 is 0 Å². The van der Waals surface area contributed by atoms with E-state index in [0.717, 1.165) is 18.4 Å². The SMILES string of the molecule is CCCCC/C=C(/CO)COC(C)=O. The molecule has 1 N–H and O–H groups in total. The number of allylic oxidation sites excluding steroid dienone is 1. The first-order valence-electron chi connectivity index (χ1n) is 5.12. The average molecular weight is 200 g/mol. The van der Waals surface area contributed by atoms with E-state index in [1.807, 2.05) is 6.08 Å². The highest BCUT2D eigenvalue weighted by molar-refractivity contribution is 5.66. The van der Waals surface area contributed by atoms with Crippen LogP contribution in [0.3, 0.4) is 0 Å². The van der Waals surface area contributed by atoms with Crippen molar-refractivity contribution in [1.82, 2.24) is 0 Å². The largest absolute Gasteiger partial charge is 0.461 e. The molecule has 0 saturated heterocycles. The Kier molecular flexibility index (Phi) is 8.24. The minimum atomic E-state index is -0.307. The first-order valence-corrected chi connectivity index (χ1v) is 5.12. The summed E-state index contributed by atoms with van der Waals surface area (Å²) >= 11 is 0. The molecule has 0 radical (unpaired) electrons. The highest BCUT2D eigenvalue weighted by Crippen LogP contribution is 2.03. The molecule has 0 rings (SSSR count). The lowest BCUT2D eigenvalue weighted by Crippen LogP contribution is -2.06. The number of esters is 1. The van der Waals surface area contributed by atoms with Gasteiger partial charge in [0, 0.05) is 6.92 Å². The number of hydrogen-bond donors (Lipinski definition) is 1. The third-order valence-electron chi connectivity index (χ3n) is 1.90. The van der Waals surface area contributed by atoms with Crippen molar-refractivity contribution in [3.05, 3.63) is 11.6 Å². The van der Waals surface area contributed by atoms with Gasteiger partial charge >= 0.3 is 5.97 Å². The summed E-state index contributed by atoms with van der Waals surface area (Å²) in [7, 11) is 0. The van der Waals surface area contributed by atoms with Crippen molar-refractivity contribution in [3.8, 4) is 0 Å². The Morgan fingerprint density at radius 3 is 2.64 bits per heavy atom. The molecule has 0 unspecified atom stereocenters. The van der Waals surface area contributed by atoms with Crippen molar-refractivity contribution >= 4 is 5.97 Å². The van der Waals surface area contributed by atoms with Crippen LogP contribution in [0.1, 0.15) is 39.5 Å². The molecule has 0 aromatic carbocycles.